The molecular weight excluding hydrogens is 454 g/mol. The Bertz CT molecular complexity index is 1310. The third kappa shape index (κ3) is 5.20. The van der Waals surface area contributed by atoms with E-state index in [2.05, 4.69) is 4.72 Å². The van der Waals surface area contributed by atoms with Crippen molar-refractivity contribution in [2.24, 2.45) is 5.92 Å². The SMILES string of the molecule is CCc1cc(=O)oc2cc(OC(=O)[C@@H](NS(=O)(=O)c3ccc(C)cc3)C(C)C)c(Cl)cc12. The van der Waals surface area contributed by atoms with E-state index in [1.165, 1.54) is 24.3 Å². The summed E-state index contributed by atoms with van der Waals surface area (Å²) in [7, 11) is -3.96. The number of sulfonamides is 1. The van der Waals surface area contributed by atoms with Gasteiger partial charge < -0.3 is 9.15 Å². The predicted octanol–water partition coefficient (Wildman–Crippen LogP) is 4.23. The van der Waals surface area contributed by atoms with Crippen molar-refractivity contribution in [1.29, 1.82) is 0 Å². The lowest BCUT2D eigenvalue weighted by atomic mass is 10.1. The molecule has 0 unspecified atom stereocenters. The molecule has 2 aromatic carbocycles. The quantitative estimate of drug-likeness (QED) is 0.310. The summed E-state index contributed by atoms with van der Waals surface area (Å²) in [4.78, 5) is 24.7. The zero-order valence-electron chi connectivity index (χ0n) is 18.1. The number of ether oxygens (including phenoxy) is 1. The minimum atomic E-state index is -3.96. The maximum absolute atomic E-state index is 12.9. The zero-order valence-corrected chi connectivity index (χ0v) is 19.7. The molecule has 0 amide bonds. The minimum Gasteiger partial charge on any atom is -0.424 e. The van der Waals surface area contributed by atoms with E-state index in [1.54, 1.807) is 32.0 Å². The Morgan fingerprint density at radius 2 is 1.81 bits per heavy atom. The Hall–Kier alpha value is -2.68. The summed E-state index contributed by atoms with van der Waals surface area (Å²) < 4.78 is 38.6. The highest BCUT2D eigenvalue weighted by Gasteiger charge is 2.30. The van der Waals surface area contributed by atoms with Crippen molar-refractivity contribution in [1.82, 2.24) is 4.72 Å². The molecule has 0 aliphatic heterocycles. The first-order chi connectivity index (χ1) is 15.0. The van der Waals surface area contributed by atoms with Crippen molar-refractivity contribution in [2.45, 2.75) is 45.1 Å². The van der Waals surface area contributed by atoms with E-state index < -0.39 is 33.6 Å². The fourth-order valence-corrected chi connectivity index (χ4v) is 4.71. The first-order valence-corrected chi connectivity index (χ1v) is 11.9. The van der Waals surface area contributed by atoms with Crippen LogP contribution in [0.2, 0.25) is 5.02 Å². The lowest BCUT2D eigenvalue weighted by molar-refractivity contribution is -0.137. The van der Waals surface area contributed by atoms with Gasteiger partial charge in [0.15, 0.2) is 5.75 Å². The molecule has 1 aromatic heterocycles. The maximum atomic E-state index is 12.9. The van der Waals surface area contributed by atoms with Gasteiger partial charge in [-0.3, -0.25) is 0 Å². The van der Waals surface area contributed by atoms with E-state index in [1.807, 2.05) is 13.8 Å². The summed E-state index contributed by atoms with van der Waals surface area (Å²) in [6.07, 6.45) is 0.591. The average Bonchev–Trinajstić information content (AvgIpc) is 2.72. The van der Waals surface area contributed by atoms with Crippen LogP contribution >= 0.6 is 11.6 Å². The molecule has 0 radical (unpaired) electrons. The molecule has 9 heteroatoms. The van der Waals surface area contributed by atoms with Crippen LogP contribution < -0.4 is 15.1 Å². The fourth-order valence-electron chi connectivity index (χ4n) is 3.18. The largest absolute Gasteiger partial charge is 0.424 e. The second kappa shape index (κ2) is 9.44. The lowest BCUT2D eigenvalue weighted by Gasteiger charge is -2.21. The van der Waals surface area contributed by atoms with Gasteiger partial charge in [-0.15, -0.1) is 0 Å². The van der Waals surface area contributed by atoms with Gasteiger partial charge in [0.1, 0.15) is 11.6 Å². The molecule has 0 fully saturated rings. The highest BCUT2D eigenvalue weighted by molar-refractivity contribution is 7.89. The van der Waals surface area contributed by atoms with Gasteiger partial charge in [-0.2, -0.15) is 4.72 Å². The number of hydrogen-bond acceptors (Lipinski definition) is 6. The van der Waals surface area contributed by atoms with Gasteiger partial charge in [0.05, 0.1) is 9.92 Å². The minimum absolute atomic E-state index is 0.0271. The molecule has 0 aliphatic rings. The zero-order chi connectivity index (χ0) is 23.6. The van der Waals surface area contributed by atoms with Crippen LogP contribution in [-0.4, -0.2) is 20.4 Å². The van der Waals surface area contributed by atoms with Crippen LogP contribution in [-0.2, 0) is 21.2 Å². The van der Waals surface area contributed by atoms with Crippen LogP contribution in [0.25, 0.3) is 11.0 Å². The number of esters is 1. The number of rotatable bonds is 7. The standard InChI is InChI=1S/C23H24ClNO6S/c1-5-15-10-21(26)30-19-12-20(18(24)11-17(15)19)31-23(27)22(13(2)3)25-32(28,29)16-8-6-14(4)7-9-16/h6-13,22,25H,5H2,1-4H3/t22-/m0/s1. The number of nitrogens with one attached hydrogen (secondary N) is 1. The third-order valence-electron chi connectivity index (χ3n) is 5.01. The molecule has 0 saturated heterocycles. The number of carbonyl (C=O) groups is 1. The second-order valence-electron chi connectivity index (χ2n) is 7.80. The van der Waals surface area contributed by atoms with Crippen LogP contribution in [0, 0.1) is 12.8 Å². The van der Waals surface area contributed by atoms with Crippen LogP contribution in [0.1, 0.15) is 31.9 Å². The number of aryl methyl sites for hydroxylation is 2. The highest BCUT2D eigenvalue weighted by Crippen LogP contribution is 2.32. The molecule has 7 nitrogen and oxygen atoms in total. The molecular formula is C23H24ClNO6S. The van der Waals surface area contributed by atoms with Crippen molar-refractivity contribution in [3.05, 3.63) is 69.0 Å². The summed E-state index contributed by atoms with van der Waals surface area (Å²) in [6.45, 7) is 7.12. The summed E-state index contributed by atoms with van der Waals surface area (Å²) in [5.41, 5.74) is 1.36. The van der Waals surface area contributed by atoms with Gasteiger partial charge in [0, 0.05) is 17.5 Å². The Labute approximate surface area is 191 Å². The van der Waals surface area contributed by atoms with Crippen LogP contribution in [0.15, 0.2) is 56.6 Å². The van der Waals surface area contributed by atoms with E-state index in [0.717, 1.165) is 11.1 Å². The van der Waals surface area contributed by atoms with Gasteiger partial charge in [-0.05, 0) is 43.0 Å². The third-order valence-corrected chi connectivity index (χ3v) is 6.76. The molecule has 0 spiro atoms. The molecule has 0 aliphatic carbocycles. The summed E-state index contributed by atoms with van der Waals surface area (Å²) in [5.74, 6) is -1.27. The van der Waals surface area contributed by atoms with E-state index in [0.29, 0.717) is 11.8 Å². The van der Waals surface area contributed by atoms with Crippen molar-refractivity contribution in [3.8, 4) is 5.75 Å². The van der Waals surface area contributed by atoms with E-state index in [-0.39, 0.29) is 21.3 Å². The lowest BCUT2D eigenvalue weighted by Crippen LogP contribution is -2.46. The Morgan fingerprint density at radius 1 is 1.16 bits per heavy atom. The van der Waals surface area contributed by atoms with Gasteiger partial charge in [-0.1, -0.05) is 50.1 Å². The fraction of sp³-hybridized carbons (Fsp3) is 0.304. The number of carbonyl (C=O) groups excluding carboxylic acids is 1. The first kappa shape index (κ1) is 24.0. The molecule has 0 bridgehead atoms. The second-order valence-corrected chi connectivity index (χ2v) is 9.92. The number of halogens is 1. The van der Waals surface area contributed by atoms with Crippen molar-refractivity contribution in [2.75, 3.05) is 0 Å². The molecule has 1 heterocycles. The summed E-state index contributed by atoms with van der Waals surface area (Å²) in [6, 6.07) is 9.42. The van der Waals surface area contributed by atoms with Gasteiger partial charge >= 0.3 is 11.6 Å². The monoisotopic (exact) mass is 477 g/mol. The van der Waals surface area contributed by atoms with Crippen molar-refractivity contribution in [3.63, 3.8) is 0 Å². The average molecular weight is 478 g/mol. The smallest absolute Gasteiger partial charge is 0.336 e. The molecule has 0 saturated carbocycles. The Kier molecular flexibility index (Phi) is 7.07. The molecule has 3 rings (SSSR count). The number of benzene rings is 2. The van der Waals surface area contributed by atoms with Gasteiger partial charge in [-0.25, -0.2) is 18.0 Å². The maximum Gasteiger partial charge on any atom is 0.336 e. The first-order valence-electron chi connectivity index (χ1n) is 10.1. The topological polar surface area (TPSA) is 103 Å². The van der Waals surface area contributed by atoms with Crippen molar-refractivity contribution >= 4 is 38.6 Å². The summed E-state index contributed by atoms with van der Waals surface area (Å²) >= 11 is 6.31. The van der Waals surface area contributed by atoms with Gasteiger partial charge in [0.2, 0.25) is 10.0 Å². The van der Waals surface area contributed by atoms with E-state index >= 15 is 0 Å². The van der Waals surface area contributed by atoms with Gasteiger partial charge in [0.25, 0.3) is 0 Å². The van der Waals surface area contributed by atoms with Crippen LogP contribution in [0.5, 0.6) is 5.75 Å². The molecule has 1 N–H and O–H groups in total. The predicted molar refractivity (Wildman–Crippen MR) is 123 cm³/mol. The number of fused-ring (bicyclic) bond motifs is 1. The Morgan fingerprint density at radius 3 is 2.41 bits per heavy atom. The van der Waals surface area contributed by atoms with E-state index in [9.17, 15) is 18.0 Å². The number of hydrogen-bond donors (Lipinski definition) is 1. The van der Waals surface area contributed by atoms with E-state index in [4.69, 9.17) is 20.8 Å². The normalized spacial score (nSPS) is 12.8. The molecule has 32 heavy (non-hydrogen) atoms. The summed E-state index contributed by atoms with van der Waals surface area (Å²) in [5, 5.41) is 0.774. The molecule has 170 valence electrons. The Balaban J connectivity index is 1.91. The van der Waals surface area contributed by atoms with Crippen LogP contribution in [0.3, 0.4) is 0 Å². The van der Waals surface area contributed by atoms with Crippen molar-refractivity contribution < 1.29 is 22.4 Å². The highest BCUT2D eigenvalue weighted by atomic mass is 35.5. The van der Waals surface area contributed by atoms with Crippen LogP contribution in [0.4, 0.5) is 0 Å². The molecule has 3 aromatic rings. The molecule has 1 atom stereocenters.